The van der Waals surface area contributed by atoms with Crippen LogP contribution in [0.5, 0.6) is 11.5 Å². The zero-order valence-electron chi connectivity index (χ0n) is 16.0. The van der Waals surface area contributed by atoms with Gasteiger partial charge >= 0.3 is 0 Å². The van der Waals surface area contributed by atoms with E-state index in [0.717, 1.165) is 22.2 Å². The number of amides is 1. The van der Waals surface area contributed by atoms with Crippen LogP contribution in [0.2, 0.25) is 0 Å². The Hall–Kier alpha value is -3.72. The summed E-state index contributed by atoms with van der Waals surface area (Å²) in [6.07, 6.45) is 7.14. The molecule has 1 aromatic heterocycles. The lowest BCUT2D eigenvalue weighted by molar-refractivity contribution is 0.0952. The van der Waals surface area contributed by atoms with E-state index in [0.29, 0.717) is 23.6 Å². The smallest absolute Gasteiger partial charge is 0.275 e. The molecule has 0 aliphatic heterocycles. The Morgan fingerprint density at radius 2 is 2.04 bits per heavy atom. The van der Waals surface area contributed by atoms with Crippen molar-refractivity contribution in [2.24, 2.45) is 5.10 Å². The number of hydrazone groups is 1. The van der Waals surface area contributed by atoms with Crippen molar-refractivity contribution in [2.75, 3.05) is 14.2 Å². The van der Waals surface area contributed by atoms with E-state index in [2.05, 4.69) is 16.4 Å². The summed E-state index contributed by atoms with van der Waals surface area (Å²) in [7, 11) is 3.05. The summed E-state index contributed by atoms with van der Waals surface area (Å²) in [5, 5.41) is 5.17. The van der Waals surface area contributed by atoms with Crippen molar-refractivity contribution in [3.05, 3.63) is 59.3 Å². The van der Waals surface area contributed by atoms with Crippen LogP contribution in [0.15, 0.2) is 47.6 Å². The first-order valence-corrected chi connectivity index (χ1v) is 8.67. The molecule has 0 aliphatic rings. The number of ether oxygens (including phenoxy) is 2. The van der Waals surface area contributed by atoms with E-state index in [9.17, 15) is 4.79 Å². The van der Waals surface area contributed by atoms with Crippen molar-refractivity contribution in [3.63, 3.8) is 0 Å². The average Bonchev–Trinajstić information content (AvgIpc) is 2.99. The van der Waals surface area contributed by atoms with Gasteiger partial charge < -0.3 is 14.0 Å². The first kappa shape index (κ1) is 19.1. The van der Waals surface area contributed by atoms with Gasteiger partial charge in [-0.3, -0.25) is 4.79 Å². The Labute approximate surface area is 163 Å². The number of carbonyl (C=O) groups excluding carboxylic acids is 1. The third-order valence-electron chi connectivity index (χ3n) is 4.54. The molecule has 142 valence electrons. The highest BCUT2D eigenvalue weighted by atomic mass is 16.5. The number of terminal acetylenes is 1. The highest BCUT2D eigenvalue weighted by molar-refractivity contribution is 6.02. The molecule has 0 saturated heterocycles. The number of methoxy groups -OCH3 is 2. The third-order valence-corrected chi connectivity index (χ3v) is 4.54. The average molecular weight is 375 g/mol. The maximum atomic E-state index is 12.5. The molecule has 0 unspecified atom stereocenters. The fraction of sp³-hybridized carbons (Fsp3) is 0.182. The number of nitrogens with one attached hydrogen (secondary N) is 1. The van der Waals surface area contributed by atoms with Crippen LogP contribution in [0.1, 0.15) is 21.6 Å². The van der Waals surface area contributed by atoms with Gasteiger partial charge in [0.2, 0.25) is 0 Å². The number of para-hydroxylation sites is 1. The lowest BCUT2D eigenvalue weighted by Gasteiger charge is -2.08. The lowest BCUT2D eigenvalue weighted by atomic mass is 10.1. The van der Waals surface area contributed by atoms with Gasteiger partial charge in [-0.2, -0.15) is 5.10 Å². The fourth-order valence-electron chi connectivity index (χ4n) is 3.12. The molecule has 0 aliphatic carbocycles. The number of fused-ring (bicyclic) bond motifs is 1. The van der Waals surface area contributed by atoms with Crippen LogP contribution >= 0.6 is 0 Å². The Kier molecular flexibility index (Phi) is 5.66. The molecule has 1 heterocycles. The number of aromatic nitrogens is 1. The van der Waals surface area contributed by atoms with E-state index in [4.69, 9.17) is 15.9 Å². The van der Waals surface area contributed by atoms with Crippen LogP contribution in [0.3, 0.4) is 0 Å². The highest BCUT2D eigenvalue weighted by Crippen LogP contribution is 2.25. The van der Waals surface area contributed by atoms with Gasteiger partial charge in [-0.25, -0.2) is 5.43 Å². The number of hydrogen-bond acceptors (Lipinski definition) is 4. The predicted octanol–water partition coefficient (Wildman–Crippen LogP) is 3.36. The molecule has 0 atom stereocenters. The minimum absolute atomic E-state index is 0.368. The molecule has 1 N–H and O–H groups in total. The SMILES string of the molecule is C#CCn1c(C)c(/C=N\NC(=O)c2ccc(OC)cc2OC)c2ccccc21. The molecule has 0 fully saturated rings. The monoisotopic (exact) mass is 375 g/mol. The molecule has 0 radical (unpaired) electrons. The van der Waals surface area contributed by atoms with E-state index in [1.165, 1.54) is 7.11 Å². The molecule has 6 heteroatoms. The van der Waals surface area contributed by atoms with Crippen LogP contribution in [-0.4, -0.2) is 30.9 Å². The number of carbonyl (C=O) groups is 1. The molecule has 3 aromatic rings. The Morgan fingerprint density at radius 3 is 2.75 bits per heavy atom. The molecule has 0 spiro atoms. The zero-order valence-corrected chi connectivity index (χ0v) is 16.0. The van der Waals surface area contributed by atoms with Crippen molar-refractivity contribution in [2.45, 2.75) is 13.5 Å². The molecule has 6 nitrogen and oxygen atoms in total. The summed E-state index contributed by atoms with van der Waals surface area (Å²) in [5.41, 5.74) is 5.85. The standard InChI is InChI=1S/C22H21N3O3/c1-5-12-25-15(2)19(17-8-6-7-9-20(17)25)14-23-24-22(26)18-11-10-16(27-3)13-21(18)28-4/h1,6-11,13-14H,12H2,2-4H3,(H,24,26)/b23-14-. The highest BCUT2D eigenvalue weighted by Gasteiger charge is 2.14. The van der Waals surface area contributed by atoms with Gasteiger partial charge in [-0.05, 0) is 25.1 Å². The maximum absolute atomic E-state index is 12.5. The van der Waals surface area contributed by atoms with Crippen LogP contribution in [0.25, 0.3) is 10.9 Å². The van der Waals surface area contributed by atoms with Crippen LogP contribution in [-0.2, 0) is 6.54 Å². The van der Waals surface area contributed by atoms with Gasteiger partial charge in [-0.1, -0.05) is 24.1 Å². The van der Waals surface area contributed by atoms with Crippen molar-refractivity contribution in [3.8, 4) is 23.8 Å². The summed E-state index contributed by atoms with van der Waals surface area (Å²) in [4.78, 5) is 12.5. The molecule has 0 bridgehead atoms. The largest absolute Gasteiger partial charge is 0.497 e. The summed E-state index contributed by atoms with van der Waals surface area (Å²) in [6, 6.07) is 12.9. The topological polar surface area (TPSA) is 64.9 Å². The van der Waals surface area contributed by atoms with E-state index in [1.807, 2.05) is 35.8 Å². The predicted molar refractivity (Wildman–Crippen MR) is 110 cm³/mol. The Morgan fingerprint density at radius 1 is 1.25 bits per heavy atom. The first-order valence-electron chi connectivity index (χ1n) is 8.67. The molecule has 0 saturated carbocycles. The Balaban J connectivity index is 1.87. The van der Waals surface area contributed by atoms with Gasteiger partial charge in [0, 0.05) is 28.2 Å². The second-order valence-electron chi connectivity index (χ2n) is 6.07. The number of benzene rings is 2. The van der Waals surface area contributed by atoms with Gasteiger partial charge in [0.05, 0.1) is 32.5 Å². The normalized spacial score (nSPS) is 10.8. The zero-order chi connectivity index (χ0) is 20.1. The molecule has 2 aromatic carbocycles. The van der Waals surface area contributed by atoms with Crippen LogP contribution in [0.4, 0.5) is 0 Å². The number of nitrogens with zero attached hydrogens (tertiary/aromatic N) is 2. The third kappa shape index (κ3) is 3.55. The van der Waals surface area contributed by atoms with Crippen molar-refractivity contribution in [1.82, 2.24) is 9.99 Å². The minimum Gasteiger partial charge on any atom is -0.497 e. The van der Waals surface area contributed by atoms with Crippen LogP contribution in [0, 0.1) is 19.3 Å². The molecular weight excluding hydrogens is 354 g/mol. The molecular formula is C22H21N3O3. The minimum atomic E-state index is -0.374. The Bertz CT molecular complexity index is 1090. The lowest BCUT2D eigenvalue weighted by Crippen LogP contribution is -2.18. The second kappa shape index (κ2) is 8.31. The summed E-state index contributed by atoms with van der Waals surface area (Å²) >= 11 is 0. The van der Waals surface area contributed by atoms with Gasteiger partial charge in [0.25, 0.3) is 5.91 Å². The van der Waals surface area contributed by atoms with Crippen LogP contribution < -0.4 is 14.9 Å². The fourth-order valence-corrected chi connectivity index (χ4v) is 3.12. The van der Waals surface area contributed by atoms with Crippen molar-refractivity contribution < 1.29 is 14.3 Å². The van der Waals surface area contributed by atoms with E-state index >= 15 is 0 Å². The van der Waals surface area contributed by atoms with E-state index in [-0.39, 0.29) is 5.91 Å². The molecule has 28 heavy (non-hydrogen) atoms. The van der Waals surface area contributed by atoms with E-state index < -0.39 is 0 Å². The molecule has 3 rings (SSSR count). The van der Waals surface area contributed by atoms with Gasteiger partial charge in [-0.15, -0.1) is 6.42 Å². The first-order chi connectivity index (χ1) is 13.6. The van der Waals surface area contributed by atoms with Gasteiger partial charge in [0.1, 0.15) is 11.5 Å². The molecule has 1 amide bonds. The van der Waals surface area contributed by atoms with E-state index in [1.54, 1.807) is 31.5 Å². The van der Waals surface area contributed by atoms with Gasteiger partial charge in [0.15, 0.2) is 0 Å². The maximum Gasteiger partial charge on any atom is 0.275 e. The summed E-state index contributed by atoms with van der Waals surface area (Å²) in [6.45, 7) is 2.45. The van der Waals surface area contributed by atoms with Crippen molar-refractivity contribution >= 4 is 23.0 Å². The second-order valence-corrected chi connectivity index (χ2v) is 6.07. The van der Waals surface area contributed by atoms with Crippen molar-refractivity contribution in [1.29, 1.82) is 0 Å². The number of rotatable bonds is 6. The quantitative estimate of drug-likeness (QED) is 0.408. The summed E-state index contributed by atoms with van der Waals surface area (Å²) in [5.74, 6) is 3.31. The summed E-state index contributed by atoms with van der Waals surface area (Å²) < 4.78 is 12.5. The number of hydrogen-bond donors (Lipinski definition) is 1.